The van der Waals surface area contributed by atoms with Gasteiger partial charge in [0.2, 0.25) is 0 Å². The predicted octanol–water partition coefficient (Wildman–Crippen LogP) is 5.68. The van der Waals surface area contributed by atoms with E-state index in [-0.39, 0.29) is 11.0 Å². The highest BCUT2D eigenvalue weighted by molar-refractivity contribution is 7.19. The number of hydrogen-bond acceptors (Lipinski definition) is 3. The van der Waals surface area contributed by atoms with Crippen LogP contribution in [0.3, 0.4) is 0 Å². The van der Waals surface area contributed by atoms with Crippen molar-refractivity contribution in [3.8, 4) is 11.1 Å². The van der Waals surface area contributed by atoms with Crippen LogP contribution in [0.5, 0.6) is 0 Å². The van der Waals surface area contributed by atoms with Crippen LogP contribution < -0.4 is 5.56 Å². The average molecular weight is 389 g/mol. The number of benzene rings is 1. The van der Waals surface area contributed by atoms with Crippen LogP contribution in [0, 0.1) is 0 Å². The van der Waals surface area contributed by atoms with Crippen LogP contribution in [0.4, 0.5) is 0 Å². The second kappa shape index (κ2) is 7.53. The molecule has 0 aliphatic rings. The zero-order chi connectivity index (χ0) is 18.9. The summed E-state index contributed by atoms with van der Waals surface area (Å²) in [7, 11) is 0. The van der Waals surface area contributed by atoms with Gasteiger partial charge < -0.3 is 4.98 Å². The Balaban J connectivity index is 2.14. The number of H-pyrrole nitrogens is 1. The number of halogens is 1. The fourth-order valence-corrected chi connectivity index (χ4v) is 4.43. The smallest absolute Gasteiger partial charge is 0.260 e. The molecule has 0 bridgehead atoms. The van der Waals surface area contributed by atoms with Crippen molar-refractivity contribution in [1.29, 1.82) is 0 Å². The van der Waals surface area contributed by atoms with Gasteiger partial charge in [0.05, 0.1) is 5.39 Å². The minimum Gasteiger partial charge on any atom is -0.310 e. The molecule has 2 aromatic heterocycles. The third-order valence-electron chi connectivity index (χ3n) is 4.59. The van der Waals surface area contributed by atoms with Crippen molar-refractivity contribution in [2.75, 3.05) is 5.88 Å². The molecule has 3 rings (SSSR count). The van der Waals surface area contributed by atoms with Gasteiger partial charge in [-0.05, 0) is 29.4 Å². The molecule has 0 amide bonds. The molecule has 0 aliphatic carbocycles. The van der Waals surface area contributed by atoms with E-state index in [1.54, 1.807) is 11.3 Å². The SMILES string of the molecule is CCc1sc2nc(CCCCl)[nH]c(=O)c2c1-c1ccc(C(C)(C)C)cc1. The van der Waals surface area contributed by atoms with Crippen molar-refractivity contribution in [2.24, 2.45) is 0 Å². The zero-order valence-electron chi connectivity index (χ0n) is 15.8. The van der Waals surface area contributed by atoms with E-state index in [9.17, 15) is 4.79 Å². The first-order valence-electron chi connectivity index (χ1n) is 9.06. The number of rotatable bonds is 5. The molecule has 0 saturated carbocycles. The van der Waals surface area contributed by atoms with Crippen LogP contribution in [0.25, 0.3) is 21.3 Å². The van der Waals surface area contributed by atoms with E-state index in [2.05, 4.69) is 61.9 Å². The largest absolute Gasteiger partial charge is 0.310 e. The highest BCUT2D eigenvalue weighted by Gasteiger charge is 2.19. The number of hydrogen-bond donors (Lipinski definition) is 1. The highest BCUT2D eigenvalue weighted by Crippen LogP contribution is 2.37. The van der Waals surface area contributed by atoms with Crippen LogP contribution in [0.15, 0.2) is 29.1 Å². The van der Waals surface area contributed by atoms with Crippen molar-refractivity contribution >= 4 is 33.2 Å². The topological polar surface area (TPSA) is 45.8 Å². The Morgan fingerprint density at radius 2 is 1.88 bits per heavy atom. The fraction of sp³-hybridized carbons (Fsp3) is 0.429. The Labute approximate surface area is 163 Å². The molecule has 1 aromatic carbocycles. The zero-order valence-corrected chi connectivity index (χ0v) is 17.4. The number of aromatic nitrogens is 2. The third-order valence-corrected chi connectivity index (χ3v) is 6.09. The molecular weight excluding hydrogens is 364 g/mol. The third kappa shape index (κ3) is 3.72. The van der Waals surface area contributed by atoms with E-state index in [0.29, 0.717) is 17.7 Å². The van der Waals surface area contributed by atoms with Gasteiger partial charge in [-0.3, -0.25) is 4.79 Å². The lowest BCUT2D eigenvalue weighted by atomic mass is 9.86. The summed E-state index contributed by atoms with van der Waals surface area (Å²) in [6, 6.07) is 8.58. The summed E-state index contributed by atoms with van der Waals surface area (Å²) in [5, 5.41) is 0.713. The molecule has 5 heteroatoms. The first-order valence-corrected chi connectivity index (χ1v) is 10.4. The predicted molar refractivity (Wildman–Crippen MR) is 113 cm³/mol. The van der Waals surface area contributed by atoms with Crippen molar-refractivity contribution in [3.05, 3.63) is 50.9 Å². The molecule has 0 saturated heterocycles. The lowest BCUT2D eigenvalue weighted by Gasteiger charge is -2.19. The summed E-state index contributed by atoms with van der Waals surface area (Å²) < 4.78 is 0. The van der Waals surface area contributed by atoms with Crippen molar-refractivity contribution in [2.45, 2.75) is 52.4 Å². The Bertz CT molecular complexity index is 965. The molecule has 0 radical (unpaired) electrons. The molecule has 0 atom stereocenters. The number of aromatic amines is 1. The Morgan fingerprint density at radius 3 is 2.46 bits per heavy atom. The van der Waals surface area contributed by atoms with Crippen LogP contribution in [-0.2, 0) is 18.3 Å². The number of thiophene rings is 1. The molecule has 1 N–H and O–H groups in total. The van der Waals surface area contributed by atoms with Crippen LogP contribution in [0.2, 0.25) is 0 Å². The van der Waals surface area contributed by atoms with Crippen molar-refractivity contribution < 1.29 is 0 Å². The van der Waals surface area contributed by atoms with E-state index in [4.69, 9.17) is 11.6 Å². The molecule has 2 heterocycles. The van der Waals surface area contributed by atoms with Crippen LogP contribution in [0.1, 0.15) is 50.4 Å². The quantitative estimate of drug-likeness (QED) is 0.571. The molecular formula is C21H25ClN2OS. The minimum atomic E-state index is -0.0505. The molecule has 3 aromatic rings. The number of nitrogens with zero attached hydrogens (tertiary/aromatic N) is 1. The summed E-state index contributed by atoms with van der Waals surface area (Å²) >= 11 is 7.39. The van der Waals surface area contributed by atoms with E-state index in [1.807, 2.05) is 0 Å². The van der Waals surface area contributed by atoms with Gasteiger partial charge in [0.1, 0.15) is 10.7 Å². The highest BCUT2D eigenvalue weighted by atomic mass is 35.5. The average Bonchev–Trinajstić information content (AvgIpc) is 2.98. The van der Waals surface area contributed by atoms with Gasteiger partial charge in [-0.2, -0.15) is 0 Å². The lowest BCUT2D eigenvalue weighted by Crippen LogP contribution is -2.12. The van der Waals surface area contributed by atoms with E-state index in [0.717, 1.165) is 34.6 Å². The van der Waals surface area contributed by atoms with Gasteiger partial charge in [0, 0.05) is 22.7 Å². The first-order chi connectivity index (χ1) is 12.3. The summed E-state index contributed by atoms with van der Waals surface area (Å²) in [4.78, 5) is 22.5. The molecule has 0 fully saturated rings. The summed E-state index contributed by atoms with van der Waals surface area (Å²) in [5.41, 5.74) is 3.46. The summed E-state index contributed by atoms with van der Waals surface area (Å²) in [6.07, 6.45) is 2.39. The number of nitrogens with one attached hydrogen (secondary N) is 1. The Morgan fingerprint density at radius 1 is 1.19 bits per heavy atom. The molecule has 3 nitrogen and oxygen atoms in total. The van der Waals surface area contributed by atoms with E-state index >= 15 is 0 Å². The Kier molecular flexibility index (Phi) is 5.54. The number of aryl methyl sites for hydroxylation is 2. The second-order valence-electron chi connectivity index (χ2n) is 7.57. The maximum atomic E-state index is 12.8. The summed E-state index contributed by atoms with van der Waals surface area (Å²) in [5.74, 6) is 1.29. The normalized spacial score (nSPS) is 12.0. The first kappa shape index (κ1) is 19.1. The van der Waals surface area contributed by atoms with Gasteiger partial charge in [-0.1, -0.05) is 52.0 Å². The monoisotopic (exact) mass is 388 g/mol. The summed E-state index contributed by atoms with van der Waals surface area (Å²) in [6.45, 7) is 8.74. The molecule has 0 unspecified atom stereocenters. The molecule has 138 valence electrons. The van der Waals surface area contributed by atoms with Crippen LogP contribution in [-0.4, -0.2) is 15.8 Å². The Hall–Kier alpha value is -1.65. The number of alkyl halides is 1. The van der Waals surface area contributed by atoms with Crippen LogP contribution >= 0.6 is 22.9 Å². The van der Waals surface area contributed by atoms with Crippen molar-refractivity contribution in [1.82, 2.24) is 9.97 Å². The minimum absolute atomic E-state index is 0.0505. The van der Waals surface area contributed by atoms with Gasteiger partial charge in [0.25, 0.3) is 5.56 Å². The van der Waals surface area contributed by atoms with Gasteiger partial charge in [0.15, 0.2) is 0 Å². The van der Waals surface area contributed by atoms with Gasteiger partial charge >= 0.3 is 0 Å². The maximum Gasteiger partial charge on any atom is 0.260 e. The second-order valence-corrected chi connectivity index (χ2v) is 9.03. The molecule has 0 spiro atoms. The standard InChI is InChI=1S/C21H25ClN2OS/c1-5-15-17(13-8-10-14(11-9-13)21(2,3)4)18-19(25)23-16(7-6-12-22)24-20(18)26-15/h8-11H,5-7,12H2,1-4H3,(H,23,24,25). The number of fused-ring (bicyclic) bond motifs is 1. The molecule has 0 aliphatic heterocycles. The van der Waals surface area contributed by atoms with Gasteiger partial charge in [-0.25, -0.2) is 4.98 Å². The van der Waals surface area contributed by atoms with Crippen molar-refractivity contribution in [3.63, 3.8) is 0 Å². The van der Waals surface area contributed by atoms with E-state index < -0.39 is 0 Å². The van der Waals surface area contributed by atoms with E-state index in [1.165, 1.54) is 10.4 Å². The maximum absolute atomic E-state index is 12.8. The fourth-order valence-electron chi connectivity index (χ4n) is 3.14. The lowest BCUT2D eigenvalue weighted by molar-refractivity contribution is 0.590. The molecule has 26 heavy (non-hydrogen) atoms. The van der Waals surface area contributed by atoms with Gasteiger partial charge in [-0.15, -0.1) is 22.9 Å².